The third-order valence-corrected chi connectivity index (χ3v) is 5.13. The lowest BCUT2D eigenvalue weighted by atomic mass is 9.93. The van der Waals surface area contributed by atoms with E-state index in [2.05, 4.69) is 10.1 Å². The van der Waals surface area contributed by atoms with Crippen molar-refractivity contribution in [2.75, 3.05) is 14.2 Å². The van der Waals surface area contributed by atoms with Crippen LogP contribution in [0.25, 0.3) is 0 Å². The summed E-state index contributed by atoms with van der Waals surface area (Å²) < 4.78 is 9.82. The van der Waals surface area contributed by atoms with Crippen LogP contribution in [-0.2, 0) is 22.5 Å². The minimum atomic E-state index is -0.955. The molecule has 3 rings (SSSR count). The van der Waals surface area contributed by atoms with Crippen LogP contribution >= 0.6 is 0 Å². The van der Waals surface area contributed by atoms with Crippen molar-refractivity contribution in [2.24, 2.45) is 0 Å². The van der Waals surface area contributed by atoms with Crippen molar-refractivity contribution in [1.29, 1.82) is 0 Å². The number of hydrogen-bond donors (Lipinski definition) is 1. The standard InChI is InChI=1S/C22H24N2O5/c1-22(13-12-15-6-10-18(28-2)11-7-15)20(26)24(21(27)23-22)14-16-4-8-17(9-5-16)19(25)29-3/h4-11H,12-14H2,1-3H3,(H,23,27)/t22-/m0/s1. The van der Waals surface area contributed by atoms with E-state index < -0.39 is 17.5 Å². The fourth-order valence-corrected chi connectivity index (χ4v) is 3.29. The largest absolute Gasteiger partial charge is 0.497 e. The first-order valence-electron chi connectivity index (χ1n) is 9.30. The molecule has 2 aromatic carbocycles. The van der Waals surface area contributed by atoms with Gasteiger partial charge in [0.15, 0.2) is 0 Å². The van der Waals surface area contributed by atoms with Crippen LogP contribution in [0.3, 0.4) is 0 Å². The second-order valence-electron chi connectivity index (χ2n) is 7.19. The Morgan fingerprint density at radius 1 is 1.00 bits per heavy atom. The minimum Gasteiger partial charge on any atom is -0.497 e. The van der Waals surface area contributed by atoms with Crippen LogP contribution in [-0.4, -0.2) is 42.6 Å². The van der Waals surface area contributed by atoms with Gasteiger partial charge >= 0.3 is 12.0 Å². The number of nitrogens with zero attached hydrogens (tertiary/aromatic N) is 1. The van der Waals surface area contributed by atoms with Gasteiger partial charge in [-0.25, -0.2) is 9.59 Å². The van der Waals surface area contributed by atoms with Crippen molar-refractivity contribution in [2.45, 2.75) is 31.8 Å². The molecular formula is C22H24N2O5. The molecule has 0 spiro atoms. The fraction of sp³-hybridized carbons (Fsp3) is 0.318. The van der Waals surface area contributed by atoms with E-state index in [0.717, 1.165) is 16.9 Å². The number of carbonyl (C=O) groups is 3. The molecule has 29 heavy (non-hydrogen) atoms. The second kappa shape index (κ2) is 8.34. The molecule has 2 aromatic rings. The number of ether oxygens (including phenoxy) is 2. The summed E-state index contributed by atoms with van der Waals surface area (Å²) in [5.74, 6) is 0.0836. The minimum absolute atomic E-state index is 0.143. The molecule has 3 amide bonds. The van der Waals surface area contributed by atoms with Gasteiger partial charge in [-0.3, -0.25) is 9.69 Å². The van der Waals surface area contributed by atoms with Crippen LogP contribution in [0.4, 0.5) is 4.79 Å². The lowest BCUT2D eigenvalue weighted by molar-refractivity contribution is -0.131. The molecule has 7 heteroatoms. The number of imide groups is 1. The predicted octanol–water partition coefficient (Wildman–Crippen LogP) is 2.93. The zero-order chi connectivity index (χ0) is 21.0. The summed E-state index contributed by atoms with van der Waals surface area (Å²) in [5, 5.41) is 2.82. The number of benzene rings is 2. The van der Waals surface area contributed by atoms with Crippen molar-refractivity contribution in [3.63, 3.8) is 0 Å². The van der Waals surface area contributed by atoms with Gasteiger partial charge in [0.1, 0.15) is 11.3 Å². The zero-order valence-corrected chi connectivity index (χ0v) is 16.7. The van der Waals surface area contributed by atoms with E-state index in [1.807, 2.05) is 24.3 Å². The molecule has 7 nitrogen and oxygen atoms in total. The lowest BCUT2D eigenvalue weighted by Crippen LogP contribution is -2.44. The van der Waals surface area contributed by atoms with Gasteiger partial charge < -0.3 is 14.8 Å². The van der Waals surface area contributed by atoms with Gasteiger partial charge in [0.25, 0.3) is 5.91 Å². The third-order valence-electron chi connectivity index (χ3n) is 5.13. The normalized spacial score (nSPS) is 18.5. The van der Waals surface area contributed by atoms with Crippen molar-refractivity contribution < 1.29 is 23.9 Å². The second-order valence-corrected chi connectivity index (χ2v) is 7.19. The Bertz CT molecular complexity index is 908. The maximum absolute atomic E-state index is 12.9. The molecule has 152 valence electrons. The summed E-state index contributed by atoms with van der Waals surface area (Å²) in [6, 6.07) is 13.9. The van der Waals surface area contributed by atoms with Gasteiger partial charge in [0.2, 0.25) is 0 Å². The molecule has 0 unspecified atom stereocenters. The van der Waals surface area contributed by atoms with Crippen LogP contribution in [0.15, 0.2) is 48.5 Å². The fourth-order valence-electron chi connectivity index (χ4n) is 3.29. The maximum atomic E-state index is 12.9. The van der Waals surface area contributed by atoms with E-state index in [1.54, 1.807) is 38.3 Å². The summed E-state index contributed by atoms with van der Waals surface area (Å²) in [6.07, 6.45) is 1.13. The lowest BCUT2D eigenvalue weighted by Gasteiger charge is -2.21. The molecule has 0 aromatic heterocycles. The van der Waals surface area contributed by atoms with E-state index >= 15 is 0 Å². The summed E-state index contributed by atoms with van der Waals surface area (Å²) in [5.41, 5.74) is 1.27. The first-order chi connectivity index (χ1) is 13.9. The Kier molecular flexibility index (Phi) is 5.87. The van der Waals surface area contributed by atoms with E-state index in [9.17, 15) is 14.4 Å². The van der Waals surface area contributed by atoms with Gasteiger partial charge in [0.05, 0.1) is 26.3 Å². The monoisotopic (exact) mass is 396 g/mol. The molecule has 1 heterocycles. The summed E-state index contributed by atoms with van der Waals surface area (Å²) in [4.78, 5) is 38.1. The average molecular weight is 396 g/mol. The Balaban J connectivity index is 1.65. The van der Waals surface area contributed by atoms with Crippen LogP contribution in [0.1, 0.15) is 34.8 Å². The molecule has 1 fully saturated rings. The summed E-state index contributed by atoms with van der Waals surface area (Å²) >= 11 is 0. The highest BCUT2D eigenvalue weighted by atomic mass is 16.5. The number of nitrogens with one attached hydrogen (secondary N) is 1. The number of aryl methyl sites for hydroxylation is 1. The zero-order valence-electron chi connectivity index (χ0n) is 16.7. The topological polar surface area (TPSA) is 84.9 Å². The number of methoxy groups -OCH3 is 2. The number of hydrogen-bond acceptors (Lipinski definition) is 5. The van der Waals surface area contributed by atoms with Crippen molar-refractivity contribution in [3.05, 3.63) is 65.2 Å². The number of carbonyl (C=O) groups excluding carboxylic acids is 3. The Hall–Kier alpha value is -3.35. The van der Waals surface area contributed by atoms with Crippen molar-refractivity contribution in [1.82, 2.24) is 10.2 Å². The Morgan fingerprint density at radius 3 is 2.21 bits per heavy atom. The van der Waals surface area contributed by atoms with Gasteiger partial charge in [-0.1, -0.05) is 24.3 Å². The van der Waals surface area contributed by atoms with Gasteiger partial charge in [-0.15, -0.1) is 0 Å². The van der Waals surface area contributed by atoms with E-state index in [1.165, 1.54) is 12.0 Å². The number of urea groups is 1. The first kappa shape index (κ1) is 20.4. The molecule has 0 bridgehead atoms. The Morgan fingerprint density at radius 2 is 1.62 bits per heavy atom. The SMILES string of the molecule is COC(=O)c1ccc(CN2C(=O)N[C@@](C)(CCc3ccc(OC)cc3)C2=O)cc1. The maximum Gasteiger partial charge on any atom is 0.337 e. The molecule has 1 aliphatic heterocycles. The summed E-state index contributed by atoms with van der Waals surface area (Å²) in [6.45, 7) is 1.89. The molecule has 1 N–H and O–H groups in total. The van der Waals surface area contributed by atoms with Gasteiger partial charge in [-0.05, 0) is 55.2 Å². The van der Waals surface area contributed by atoms with Crippen molar-refractivity contribution in [3.8, 4) is 5.75 Å². The molecular weight excluding hydrogens is 372 g/mol. The predicted molar refractivity (Wildman–Crippen MR) is 107 cm³/mol. The van der Waals surface area contributed by atoms with E-state index in [-0.39, 0.29) is 12.5 Å². The number of amides is 3. The molecule has 0 radical (unpaired) electrons. The average Bonchev–Trinajstić information content (AvgIpc) is 2.96. The highest BCUT2D eigenvalue weighted by molar-refractivity contribution is 6.06. The molecule has 1 saturated heterocycles. The van der Waals surface area contributed by atoms with E-state index in [4.69, 9.17) is 4.74 Å². The quantitative estimate of drug-likeness (QED) is 0.575. The van der Waals surface area contributed by atoms with E-state index in [0.29, 0.717) is 18.4 Å². The number of esters is 1. The highest BCUT2D eigenvalue weighted by Crippen LogP contribution is 2.25. The van der Waals surface area contributed by atoms with Crippen LogP contribution in [0.5, 0.6) is 5.75 Å². The summed E-state index contributed by atoms with van der Waals surface area (Å²) in [7, 11) is 2.93. The van der Waals surface area contributed by atoms with Crippen molar-refractivity contribution >= 4 is 17.9 Å². The first-order valence-corrected chi connectivity index (χ1v) is 9.30. The molecule has 1 atom stereocenters. The smallest absolute Gasteiger partial charge is 0.337 e. The highest BCUT2D eigenvalue weighted by Gasteiger charge is 2.47. The molecule has 0 aliphatic carbocycles. The molecule has 1 aliphatic rings. The van der Waals surface area contributed by atoms with Gasteiger partial charge in [0, 0.05) is 0 Å². The molecule has 0 saturated carbocycles. The van der Waals surface area contributed by atoms with Gasteiger partial charge in [-0.2, -0.15) is 0 Å². The number of rotatable bonds is 7. The third kappa shape index (κ3) is 4.39. The Labute approximate surface area is 169 Å². The van der Waals surface area contributed by atoms with Crippen LogP contribution in [0.2, 0.25) is 0 Å². The van der Waals surface area contributed by atoms with Crippen LogP contribution < -0.4 is 10.1 Å². The van der Waals surface area contributed by atoms with Crippen LogP contribution in [0, 0.1) is 0 Å².